The number of ether oxygens (including phenoxy) is 1. The number of alkyl halides is 1. The number of benzene rings is 1. The van der Waals surface area contributed by atoms with Crippen LogP contribution in [0.2, 0.25) is 0 Å². The number of nitrogens with zero attached hydrogens (tertiary/aromatic N) is 1. The van der Waals surface area contributed by atoms with E-state index in [4.69, 9.17) is 16.3 Å². The maximum atomic E-state index is 12.4. The van der Waals surface area contributed by atoms with Crippen LogP contribution in [0.25, 0.3) is 0 Å². The summed E-state index contributed by atoms with van der Waals surface area (Å²) in [6, 6.07) is 4.74. The highest BCUT2D eigenvalue weighted by atomic mass is 35.5. The van der Waals surface area contributed by atoms with Gasteiger partial charge in [-0.2, -0.15) is 0 Å². The van der Waals surface area contributed by atoms with Crippen LogP contribution in [0.1, 0.15) is 19.4 Å². The van der Waals surface area contributed by atoms with E-state index in [0.29, 0.717) is 17.9 Å². The van der Waals surface area contributed by atoms with Gasteiger partial charge in [-0.05, 0) is 24.1 Å². The molecular weight excluding hydrogens is 286 g/mol. The molecule has 0 fully saturated rings. The number of methoxy groups -OCH3 is 1. The third-order valence-electron chi connectivity index (χ3n) is 2.73. The highest BCUT2D eigenvalue weighted by Crippen LogP contribution is 2.25. The Morgan fingerprint density at radius 2 is 2.00 bits per heavy atom. The Hall–Kier alpha value is -0.780. The zero-order valence-electron chi connectivity index (χ0n) is 11.7. The molecule has 0 aliphatic rings. The van der Waals surface area contributed by atoms with Gasteiger partial charge in [-0.25, -0.2) is 12.7 Å². The van der Waals surface area contributed by atoms with Crippen LogP contribution in [0.3, 0.4) is 0 Å². The van der Waals surface area contributed by atoms with Crippen molar-refractivity contribution in [3.8, 4) is 5.75 Å². The smallest absolute Gasteiger partial charge is 0.242 e. The SMILES string of the molecule is COc1ccc(S(=O)(=O)N(C)CC(C)C)cc1CCl. The van der Waals surface area contributed by atoms with Gasteiger partial charge in [0.25, 0.3) is 0 Å². The molecule has 4 nitrogen and oxygen atoms in total. The first-order valence-electron chi connectivity index (χ1n) is 6.02. The fraction of sp³-hybridized carbons (Fsp3) is 0.538. The van der Waals surface area contributed by atoms with E-state index in [-0.39, 0.29) is 16.7 Å². The molecule has 0 heterocycles. The molecule has 19 heavy (non-hydrogen) atoms. The van der Waals surface area contributed by atoms with Crippen LogP contribution in [0, 0.1) is 5.92 Å². The van der Waals surface area contributed by atoms with Crippen molar-refractivity contribution in [2.75, 3.05) is 20.7 Å². The van der Waals surface area contributed by atoms with Gasteiger partial charge in [0.15, 0.2) is 0 Å². The van der Waals surface area contributed by atoms with Gasteiger partial charge in [0, 0.05) is 19.2 Å². The van der Waals surface area contributed by atoms with E-state index in [2.05, 4.69) is 0 Å². The molecule has 0 aromatic heterocycles. The van der Waals surface area contributed by atoms with Crippen molar-refractivity contribution in [1.29, 1.82) is 0 Å². The van der Waals surface area contributed by atoms with Gasteiger partial charge in [-0.15, -0.1) is 11.6 Å². The number of halogens is 1. The van der Waals surface area contributed by atoms with E-state index in [1.165, 1.54) is 11.4 Å². The number of hydrogen-bond donors (Lipinski definition) is 0. The molecule has 6 heteroatoms. The molecule has 1 rings (SSSR count). The predicted octanol–water partition coefficient (Wildman–Crippen LogP) is 2.71. The Labute approximate surface area is 120 Å². The number of hydrogen-bond acceptors (Lipinski definition) is 3. The van der Waals surface area contributed by atoms with Gasteiger partial charge in [0.2, 0.25) is 10.0 Å². The minimum Gasteiger partial charge on any atom is -0.496 e. The second kappa shape index (κ2) is 6.59. The zero-order chi connectivity index (χ0) is 14.6. The molecule has 0 N–H and O–H groups in total. The van der Waals surface area contributed by atoms with Crippen molar-refractivity contribution in [2.24, 2.45) is 5.92 Å². The van der Waals surface area contributed by atoms with Crippen molar-refractivity contribution >= 4 is 21.6 Å². The predicted molar refractivity (Wildman–Crippen MR) is 77.2 cm³/mol. The summed E-state index contributed by atoms with van der Waals surface area (Å²) in [5, 5.41) is 0. The minimum atomic E-state index is -3.47. The third kappa shape index (κ3) is 3.84. The average molecular weight is 306 g/mol. The topological polar surface area (TPSA) is 46.6 Å². The van der Waals surface area contributed by atoms with Crippen LogP contribution >= 0.6 is 11.6 Å². The van der Waals surface area contributed by atoms with E-state index >= 15 is 0 Å². The highest BCUT2D eigenvalue weighted by molar-refractivity contribution is 7.89. The van der Waals surface area contributed by atoms with Gasteiger partial charge in [-0.1, -0.05) is 13.8 Å². The van der Waals surface area contributed by atoms with Gasteiger partial charge < -0.3 is 4.74 Å². The molecule has 0 saturated carbocycles. The molecule has 1 aromatic rings. The van der Waals surface area contributed by atoms with Crippen molar-refractivity contribution in [3.05, 3.63) is 23.8 Å². The quantitative estimate of drug-likeness (QED) is 0.759. The summed E-state index contributed by atoms with van der Waals surface area (Å²) in [4.78, 5) is 0.243. The van der Waals surface area contributed by atoms with Crippen molar-refractivity contribution in [3.63, 3.8) is 0 Å². The van der Waals surface area contributed by atoms with Crippen LogP contribution in [-0.4, -0.2) is 33.4 Å². The molecule has 1 aromatic carbocycles. The van der Waals surface area contributed by atoms with Gasteiger partial charge in [0.1, 0.15) is 5.75 Å². The molecular formula is C13H20ClNO3S. The summed E-state index contributed by atoms with van der Waals surface area (Å²) in [6.45, 7) is 4.43. The molecule has 0 saturated heterocycles. The minimum absolute atomic E-state index is 0.209. The maximum Gasteiger partial charge on any atom is 0.242 e. The van der Waals surface area contributed by atoms with Crippen LogP contribution in [0.15, 0.2) is 23.1 Å². The van der Waals surface area contributed by atoms with E-state index in [1.807, 2.05) is 13.8 Å². The van der Waals surface area contributed by atoms with Crippen molar-refractivity contribution in [2.45, 2.75) is 24.6 Å². The molecule has 0 bridgehead atoms. The molecule has 0 aliphatic heterocycles. The van der Waals surface area contributed by atoms with Gasteiger partial charge >= 0.3 is 0 Å². The summed E-state index contributed by atoms with van der Waals surface area (Å²) in [7, 11) is -0.357. The molecule has 0 amide bonds. The third-order valence-corrected chi connectivity index (χ3v) is 4.83. The normalized spacial score (nSPS) is 12.2. The number of sulfonamides is 1. The lowest BCUT2D eigenvalue weighted by atomic mass is 10.2. The molecule has 0 aliphatic carbocycles. The first kappa shape index (κ1) is 16.3. The molecule has 108 valence electrons. The van der Waals surface area contributed by atoms with E-state index in [0.717, 1.165) is 0 Å². The molecule has 0 radical (unpaired) electrons. The monoisotopic (exact) mass is 305 g/mol. The Balaban J connectivity index is 3.15. The maximum absolute atomic E-state index is 12.4. The van der Waals surface area contributed by atoms with Crippen molar-refractivity contribution < 1.29 is 13.2 Å². The molecule has 0 unspecified atom stereocenters. The fourth-order valence-electron chi connectivity index (χ4n) is 1.81. The largest absolute Gasteiger partial charge is 0.496 e. The van der Waals surface area contributed by atoms with Crippen LogP contribution < -0.4 is 4.74 Å². The Bertz CT molecular complexity index is 529. The zero-order valence-corrected chi connectivity index (χ0v) is 13.3. The first-order valence-corrected chi connectivity index (χ1v) is 7.99. The standard InChI is InChI=1S/C13H20ClNO3S/c1-10(2)9-15(3)19(16,17)12-5-6-13(18-4)11(7-12)8-14/h5-7,10H,8-9H2,1-4H3. The van der Waals surface area contributed by atoms with Crippen LogP contribution in [0.5, 0.6) is 5.75 Å². The first-order chi connectivity index (χ1) is 8.82. The number of rotatable bonds is 6. The summed E-state index contributed by atoms with van der Waals surface area (Å²) < 4.78 is 31.2. The summed E-state index contributed by atoms with van der Waals surface area (Å²) in [5.74, 6) is 1.08. The average Bonchev–Trinajstić information content (AvgIpc) is 2.36. The van der Waals surface area contributed by atoms with E-state index in [9.17, 15) is 8.42 Å². The van der Waals surface area contributed by atoms with E-state index < -0.39 is 10.0 Å². The molecule has 0 spiro atoms. The second-order valence-electron chi connectivity index (χ2n) is 4.79. The highest BCUT2D eigenvalue weighted by Gasteiger charge is 2.22. The Morgan fingerprint density at radius 1 is 1.37 bits per heavy atom. The summed E-state index contributed by atoms with van der Waals surface area (Å²) in [6.07, 6.45) is 0. The fourth-order valence-corrected chi connectivity index (χ4v) is 3.41. The molecule has 0 atom stereocenters. The summed E-state index contributed by atoms with van der Waals surface area (Å²) in [5.41, 5.74) is 0.670. The Kier molecular flexibility index (Phi) is 5.64. The van der Waals surface area contributed by atoms with Gasteiger partial charge in [0.05, 0.1) is 17.9 Å². The second-order valence-corrected chi connectivity index (χ2v) is 7.10. The van der Waals surface area contributed by atoms with E-state index in [1.54, 1.807) is 25.2 Å². The Morgan fingerprint density at radius 3 is 2.47 bits per heavy atom. The van der Waals surface area contributed by atoms with Crippen LogP contribution in [0.4, 0.5) is 0 Å². The van der Waals surface area contributed by atoms with Crippen LogP contribution in [-0.2, 0) is 15.9 Å². The lowest BCUT2D eigenvalue weighted by Gasteiger charge is -2.19. The van der Waals surface area contributed by atoms with Gasteiger partial charge in [-0.3, -0.25) is 0 Å². The lowest BCUT2D eigenvalue weighted by molar-refractivity contribution is 0.409. The summed E-state index contributed by atoms with van der Waals surface area (Å²) >= 11 is 5.81. The van der Waals surface area contributed by atoms with Crippen molar-refractivity contribution in [1.82, 2.24) is 4.31 Å². The lowest BCUT2D eigenvalue weighted by Crippen LogP contribution is -2.30.